The molecule has 0 bridgehead atoms. The predicted octanol–water partition coefficient (Wildman–Crippen LogP) is 3.68. The topological polar surface area (TPSA) is 3.24 Å². The zero-order chi connectivity index (χ0) is 11.7. The maximum atomic E-state index is 6.06. The van der Waals surface area contributed by atoms with Crippen LogP contribution in [0.3, 0.4) is 0 Å². The van der Waals surface area contributed by atoms with Gasteiger partial charge in [-0.15, -0.1) is 0 Å². The van der Waals surface area contributed by atoms with Crippen molar-refractivity contribution in [3.63, 3.8) is 0 Å². The van der Waals surface area contributed by atoms with Gasteiger partial charge in [0, 0.05) is 18.1 Å². The third-order valence-corrected chi connectivity index (χ3v) is 3.45. The number of halogens is 1. The first kappa shape index (κ1) is 11.7. The van der Waals surface area contributed by atoms with Gasteiger partial charge in [0.15, 0.2) is 0 Å². The van der Waals surface area contributed by atoms with Crippen molar-refractivity contribution in [1.82, 2.24) is 4.90 Å². The molecule has 1 aliphatic heterocycles. The molecule has 1 aromatic carbocycles. The third kappa shape index (κ3) is 2.31. The van der Waals surface area contributed by atoms with Crippen LogP contribution in [0.25, 0.3) is 5.57 Å². The minimum absolute atomic E-state index is 0.840. The van der Waals surface area contributed by atoms with E-state index in [2.05, 4.69) is 44.0 Å². The fraction of sp³-hybridized carbons (Fsp3) is 0.429. The Morgan fingerprint density at radius 1 is 1.19 bits per heavy atom. The van der Waals surface area contributed by atoms with E-state index in [0.717, 1.165) is 24.5 Å². The van der Waals surface area contributed by atoms with Gasteiger partial charge in [0.2, 0.25) is 0 Å². The summed E-state index contributed by atoms with van der Waals surface area (Å²) >= 11 is 6.06. The molecule has 0 saturated carbocycles. The number of hydrogen-bond donors (Lipinski definition) is 0. The van der Waals surface area contributed by atoms with E-state index >= 15 is 0 Å². The van der Waals surface area contributed by atoms with Crippen molar-refractivity contribution in [1.29, 1.82) is 0 Å². The molecule has 0 amide bonds. The standard InChI is InChI=1S/C14H18ClN/c1-10-8-13(15)9-11(2)14(10)12-4-6-16(3)7-5-12/h4,8-9H,5-7H2,1-3H3. The number of aryl methyl sites for hydroxylation is 2. The van der Waals surface area contributed by atoms with Crippen LogP contribution in [0.5, 0.6) is 0 Å². The zero-order valence-electron chi connectivity index (χ0n) is 10.2. The summed E-state index contributed by atoms with van der Waals surface area (Å²) in [5.41, 5.74) is 5.46. The van der Waals surface area contributed by atoms with E-state index in [1.807, 2.05) is 0 Å². The summed E-state index contributed by atoms with van der Waals surface area (Å²) in [5, 5.41) is 0.840. The second kappa shape index (κ2) is 4.60. The summed E-state index contributed by atoms with van der Waals surface area (Å²) < 4.78 is 0. The molecule has 0 aromatic heterocycles. The lowest BCUT2D eigenvalue weighted by Crippen LogP contribution is -2.24. The van der Waals surface area contributed by atoms with E-state index in [9.17, 15) is 0 Å². The minimum atomic E-state index is 0.840. The molecule has 1 heterocycles. The molecule has 0 fully saturated rings. The first-order valence-electron chi connectivity index (χ1n) is 5.72. The van der Waals surface area contributed by atoms with Crippen molar-refractivity contribution < 1.29 is 0 Å². The highest BCUT2D eigenvalue weighted by Crippen LogP contribution is 2.30. The van der Waals surface area contributed by atoms with Crippen LogP contribution in [0.15, 0.2) is 18.2 Å². The Morgan fingerprint density at radius 3 is 2.31 bits per heavy atom. The van der Waals surface area contributed by atoms with Gasteiger partial charge in [-0.05, 0) is 61.7 Å². The van der Waals surface area contributed by atoms with Crippen LogP contribution >= 0.6 is 11.6 Å². The van der Waals surface area contributed by atoms with Gasteiger partial charge < -0.3 is 4.90 Å². The average Bonchev–Trinajstić information content (AvgIpc) is 2.19. The van der Waals surface area contributed by atoms with Crippen LogP contribution in [-0.4, -0.2) is 25.0 Å². The second-order valence-electron chi connectivity index (χ2n) is 4.66. The van der Waals surface area contributed by atoms with E-state index < -0.39 is 0 Å². The van der Waals surface area contributed by atoms with Gasteiger partial charge in [-0.25, -0.2) is 0 Å². The highest BCUT2D eigenvalue weighted by molar-refractivity contribution is 6.30. The van der Waals surface area contributed by atoms with E-state index in [1.165, 1.54) is 22.3 Å². The molecule has 0 radical (unpaired) electrons. The van der Waals surface area contributed by atoms with E-state index in [-0.39, 0.29) is 0 Å². The van der Waals surface area contributed by atoms with Crippen molar-refractivity contribution in [2.45, 2.75) is 20.3 Å². The molecule has 0 atom stereocenters. The molecular formula is C14H18ClN. The van der Waals surface area contributed by atoms with Crippen molar-refractivity contribution in [3.8, 4) is 0 Å². The van der Waals surface area contributed by atoms with Crippen molar-refractivity contribution in [2.24, 2.45) is 0 Å². The second-order valence-corrected chi connectivity index (χ2v) is 5.09. The van der Waals surface area contributed by atoms with E-state index in [0.29, 0.717) is 0 Å². The molecule has 1 nitrogen and oxygen atoms in total. The molecule has 1 aliphatic rings. The van der Waals surface area contributed by atoms with Crippen LogP contribution in [-0.2, 0) is 0 Å². The molecule has 2 rings (SSSR count). The molecule has 1 aromatic rings. The summed E-state index contributed by atoms with van der Waals surface area (Å²) in [7, 11) is 2.16. The molecule has 0 saturated heterocycles. The number of likely N-dealkylation sites (N-methyl/N-ethyl adjacent to an activating group) is 1. The van der Waals surface area contributed by atoms with Crippen LogP contribution in [0, 0.1) is 13.8 Å². The van der Waals surface area contributed by atoms with Crippen molar-refractivity contribution in [2.75, 3.05) is 20.1 Å². The summed E-state index contributed by atoms with van der Waals surface area (Å²) in [6.07, 6.45) is 3.48. The molecule has 2 heteroatoms. The van der Waals surface area contributed by atoms with Gasteiger partial charge in [0.25, 0.3) is 0 Å². The van der Waals surface area contributed by atoms with Crippen LogP contribution in [0.4, 0.5) is 0 Å². The molecule has 16 heavy (non-hydrogen) atoms. The SMILES string of the molecule is Cc1cc(Cl)cc(C)c1C1=CCN(C)CC1. The predicted molar refractivity (Wildman–Crippen MR) is 71.0 cm³/mol. The Labute approximate surface area is 103 Å². The lowest BCUT2D eigenvalue weighted by Gasteiger charge is -2.24. The molecule has 0 spiro atoms. The smallest absolute Gasteiger partial charge is 0.0411 e. The Morgan fingerprint density at radius 2 is 1.81 bits per heavy atom. The average molecular weight is 236 g/mol. The minimum Gasteiger partial charge on any atom is -0.302 e. The van der Waals surface area contributed by atoms with Gasteiger partial charge in [0.05, 0.1) is 0 Å². The maximum Gasteiger partial charge on any atom is 0.0411 e. The first-order chi connectivity index (χ1) is 7.58. The fourth-order valence-electron chi connectivity index (χ4n) is 2.41. The van der Waals surface area contributed by atoms with Crippen molar-refractivity contribution >= 4 is 17.2 Å². The summed E-state index contributed by atoms with van der Waals surface area (Å²) in [6, 6.07) is 4.12. The van der Waals surface area contributed by atoms with Crippen LogP contribution in [0.1, 0.15) is 23.1 Å². The number of rotatable bonds is 1. The molecule has 0 aliphatic carbocycles. The summed E-state index contributed by atoms with van der Waals surface area (Å²) in [5.74, 6) is 0. The largest absolute Gasteiger partial charge is 0.302 e. The number of benzene rings is 1. The Kier molecular flexibility index (Phi) is 3.36. The Bertz CT molecular complexity index is 411. The Balaban J connectivity index is 2.41. The highest BCUT2D eigenvalue weighted by Gasteiger charge is 2.13. The zero-order valence-corrected chi connectivity index (χ0v) is 10.9. The van der Waals surface area contributed by atoms with Gasteiger partial charge in [0.1, 0.15) is 0 Å². The maximum absolute atomic E-state index is 6.06. The van der Waals surface area contributed by atoms with Crippen LogP contribution < -0.4 is 0 Å². The van der Waals surface area contributed by atoms with Gasteiger partial charge >= 0.3 is 0 Å². The molecule has 0 unspecified atom stereocenters. The first-order valence-corrected chi connectivity index (χ1v) is 6.10. The number of nitrogens with zero attached hydrogens (tertiary/aromatic N) is 1. The van der Waals surface area contributed by atoms with E-state index in [1.54, 1.807) is 0 Å². The van der Waals surface area contributed by atoms with E-state index in [4.69, 9.17) is 11.6 Å². The lowest BCUT2D eigenvalue weighted by atomic mass is 9.92. The summed E-state index contributed by atoms with van der Waals surface area (Å²) in [6.45, 7) is 6.49. The monoisotopic (exact) mass is 235 g/mol. The fourth-order valence-corrected chi connectivity index (χ4v) is 2.74. The normalized spacial score (nSPS) is 17.4. The van der Waals surface area contributed by atoms with Gasteiger partial charge in [-0.1, -0.05) is 17.7 Å². The van der Waals surface area contributed by atoms with Crippen molar-refractivity contribution in [3.05, 3.63) is 39.9 Å². The molecular weight excluding hydrogens is 218 g/mol. The van der Waals surface area contributed by atoms with Gasteiger partial charge in [-0.3, -0.25) is 0 Å². The summed E-state index contributed by atoms with van der Waals surface area (Å²) in [4.78, 5) is 2.34. The molecule has 86 valence electrons. The third-order valence-electron chi connectivity index (χ3n) is 3.23. The van der Waals surface area contributed by atoms with Gasteiger partial charge in [-0.2, -0.15) is 0 Å². The quantitative estimate of drug-likeness (QED) is 0.718. The highest BCUT2D eigenvalue weighted by atomic mass is 35.5. The molecule has 0 N–H and O–H groups in total. The Hall–Kier alpha value is -0.790. The lowest BCUT2D eigenvalue weighted by molar-refractivity contribution is 0.370. The number of hydrogen-bond acceptors (Lipinski definition) is 1. The van der Waals surface area contributed by atoms with Crippen LogP contribution in [0.2, 0.25) is 5.02 Å².